The summed E-state index contributed by atoms with van der Waals surface area (Å²) in [5.74, 6) is 1.24. The zero-order valence-electron chi connectivity index (χ0n) is 11.8. The summed E-state index contributed by atoms with van der Waals surface area (Å²) in [5, 5.41) is 0.612. The van der Waals surface area contributed by atoms with Gasteiger partial charge in [0.25, 0.3) is 5.91 Å². The highest BCUT2D eigenvalue weighted by Crippen LogP contribution is 2.31. The molecule has 0 spiro atoms. The summed E-state index contributed by atoms with van der Waals surface area (Å²) < 4.78 is 5.20. The van der Waals surface area contributed by atoms with E-state index in [1.807, 2.05) is 24.3 Å². The Hall–Kier alpha value is -2.60. The number of hydrogen-bond donors (Lipinski definition) is 0. The van der Waals surface area contributed by atoms with Gasteiger partial charge in [0.2, 0.25) is 0 Å². The molecule has 2 aromatic heterocycles. The van der Waals surface area contributed by atoms with E-state index in [-0.39, 0.29) is 5.91 Å². The van der Waals surface area contributed by atoms with Crippen LogP contribution in [0.1, 0.15) is 5.76 Å². The molecule has 0 unspecified atom stereocenters. The minimum Gasteiger partial charge on any atom is -0.465 e. The zero-order valence-corrected chi connectivity index (χ0v) is 12.7. The first-order valence-corrected chi connectivity index (χ1v) is 7.43. The number of likely N-dealkylation sites (N-methyl/N-ethyl adjacent to an activating group) is 1. The molecule has 1 amide bonds. The number of amides is 1. The Balaban J connectivity index is 1.78. The molecule has 0 saturated carbocycles. The van der Waals surface area contributed by atoms with Gasteiger partial charge in [-0.05, 0) is 48.2 Å². The van der Waals surface area contributed by atoms with Crippen LogP contribution in [-0.4, -0.2) is 28.0 Å². The maximum atomic E-state index is 12.2. The lowest BCUT2D eigenvalue weighted by atomic mass is 10.3. The summed E-state index contributed by atoms with van der Waals surface area (Å²) in [6.07, 6.45) is 8.62. The van der Waals surface area contributed by atoms with Crippen LogP contribution in [0.5, 0.6) is 0 Å². The van der Waals surface area contributed by atoms with Crippen LogP contribution in [0.25, 0.3) is 6.08 Å². The second kappa shape index (κ2) is 6.44. The van der Waals surface area contributed by atoms with Gasteiger partial charge >= 0.3 is 0 Å². The monoisotopic (exact) mass is 311 g/mol. The van der Waals surface area contributed by atoms with Gasteiger partial charge in [-0.15, -0.1) is 0 Å². The van der Waals surface area contributed by atoms with E-state index >= 15 is 0 Å². The van der Waals surface area contributed by atoms with Crippen LogP contribution in [0.15, 0.2) is 69.3 Å². The minimum atomic E-state index is -0.0798. The van der Waals surface area contributed by atoms with E-state index in [1.54, 1.807) is 43.8 Å². The van der Waals surface area contributed by atoms with Crippen molar-refractivity contribution in [3.05, 3.63) is 65.6 Å². The summed E-state index contributed by atoms with van der Waals surface area (Å²) in [6.45, 7) is 0. The number of amidine groups is 1. The Morgan fingerprint density at radius 3 is 2.95 bits per heavy atom. The van der Waals surface area contributed by atoms with Gasteiger partial charge in [0.1, 0.15) is 5.76 Å². The molecular formula is C16H13N3O2S. The molecular weight excluding hydrogens is 298 g/mol. The second-order valence-corrected chi connectivity index (χ2v) is 5.46. The fraction of sp³-hybridized carbons (Fsp3) is 0.0625. The number of aromatic nitrogens is 1. The van der Waals surface area contributed by atoms with Gasteiger partial charge < -0.3 is 4.42 Å². The Morgan fingerprint density at radius 1 is 1.32 bits per heavy atom. The Bertz CT molecular complexity index is 749. The molecule has 22 heavy (non-hydrogen) atoms. The number of carbonyl (C=O) groups is 1. The number of furan rings is 1. The standard InChI is InChI=1S/C16H13N3O2S/c1-19-15(20)13(8-4-6-12-7-5-11-21-12)22-16(19)18-14-9-2-3-10-17-14/h2-11H,1H3/b6-4+,13-8+,18-16+. The minimum absolute atomic E-state index is 0.0798. The summed E-state index contributed by atoms with van der Waals surface area (Å²) in [5.41, 5.74) is 0. The highest BCUT2D eigenvalue weighted by atomic mass is 32.2. The van der Waals surface area contributed by atoms with Crippen molar-refractivity contribution in [3.63, 3.8) is 0 Å². The zero-order chi connectivity index (χ0) is 15.4. The topological polar surface area (TPSA) is 58.7 Å². The summed E-state index contributed by atoms with van der Waals surface area (Å²) in [6, 6.07) is 9.14. The van der Waals surface area contributed by atoms with Crippen LogP contribution in [0.4, 0.5) is 5.82 Å². The number of rotatable bonds is 3. The van der Waals surface area contributed by atoms with Crippen LogP contribution in [0.2, 0.25) is 0 Å². The average Bonchev–Trinajstić information content (AvgIpc) is 3.14. The van der Waals surface area contributed by atoms with Crippen molar-refractivity contribution in [2.75, 3.05) is 7.05 Å². The van der Waals surface area contributed by atoms with Crippen LogP contribution in [0, 0.1) is 0 Å². The smallest absolute Gasteiger partial charge is 0.266 e. The van der Waals surface area contributed by atoms with E-state index in [1.165, 1.54) is 16.7 Å². The lowest BCUT2D eigenvalue weighted by Gasteiger charge is -2.06. The van der Waals surface area contributed by atoms with E-state index in [2.05, 4.69) is 9.98 Å². The lowest BCUT2D eigenvalue weighted by molar-refractivity contribution is -0.121. The molecule has 1 fully saturated rings. The maximum Gasteiger partial charge on any atom is 0.266 e. The first-order valence-electron chi connectivity index (χ1n) is 6.61. The maximum absolute atomic E-state index is 12.2. The van der Waals surface area contributed by atoms with Crippen molar-refractivity contribution in [2.24, 2.45) is 4.99 Å². The first-order chi connectivity index (χ1) is 10.7. The normalized spacial score (nSPS) is 19.0. The van der Waals surface area contributed by atoms with E-state index < -0.39 is 0 Å². The number of hydrogen-bond acceptors (Lipinski definition) is 5. The number of pyridine rings is 1. The number of nitrogens with zero attached hydrogens (tertiary/aromatic N) is 3. The SMILES string of the molecule is CN1C(=O)/C(=C\C=C\c2ccco2)S/C1=N/c1ccccn1. The molecule has 0 radical (unpaired) electrons. The molecule has 1 aliphatic rings. The van der Waals surface area contributed by atoms with Crippen molar-refractivity contribution >= 4 is 34.7 Å². The van der Waals surface area contributed by atoms with Crippen molar-refractivity contribution in [3.8, 4) is 0 Å². The molecule has 0 atom stereocenters. The average molecular weight is 311 g/mol. The second-order valence-electron chi connectivity index (χ2n) is 4.45. The largest absolute Gasteiger partial charge is 0.465 e. The van der Waals surface area contributed by atoms with E-state index in [9.17, 15) is 4.79 Å². The quantitative estimate of drug-likeness (QED) is 0.814. The Labute approximate surface area is 132 Å². The predicted molar refractivity (Wildman–Crippen MR) is 87.5 cm³/mol. The molecule has 0 N–H and O–H groups in total. The third kappa shape index (κ3) is 3.17. The lowest BCUT2D eigenvalue weighted by Crippen LogP contribution is -2.23. The highest BCUT2D eigenvalue weighted by Gasteiger charge is 2.29. The first kappa shape index (κ1) is 14.3. The van der Waals surface area contributed by atoms with Crippen molar-refractivity contribution in [1.82, 2.24) is 9.88 Å². The Kier molecular flexibility index (Phi) is 4.20. The molecule has 3 rings (SSSR count). The van der Waals surface area contributed by atoms with Crippen LogP contribution in [0.3, 0.4) is 0 Å². The van der Waals surface area contributed by atoms with Crippen LogP contribution < -0.4 is 0 Å². The van der Waals surface area contributed by atoms with E-state index in [0.717, 1.165) is 5.76 Å². The Morgan fingerprint density at radius 2 is 2.23 bits per heavy atom. The highest BCUT2D eigenvalue weighted by molar-refractivity contribution is 8.18. The molecule has 0 bridgehead atoms. The third-order valence-corrected chi connectivity index (χ3v) is 3.99. The van der Waals surface area contributed by atoms with E-state index in [0.29, 0.717) is 15.9 Å². The van der Waals surface area contributed by atoms with Gasteiger partial charge in [-0.1, -0.05) is 12.1 Å². The van der Waals surface area contributed by atoms with Crippen molar-refractivity contribution in [2.45, 2.75) is 0 Å². The van der Waals surface area contributed by atoms with Gasteiger partial charge in [0, 0.05) is 13.2 Å². The molecule has 110 valence electrons. The number of thioether (sulfide) groups is 1. The van der Waals surface area contributed by atoms with E-state index in [4.69, 9.17) is 4.42 Å². The summed E-state index contributed by atoms with van der Waals surface area (Å²) in [4.78, 5) is 22.8. The van der Waals surface area contributed by atoms with Gasteiger partial charge in [-0.25, -0.2) is 9.98 Å². The predicted octanol–water partition coefficient (Wildman–Crippen LogP) is 3.46. The number of allylic oxidation sites excluding steroid dienone is 2. The molecule has 3 heterocycles. The molecule has 0 aliphatic carbocycles. The van der Waals surface area contributed by atoms with Gasteiger partial charge in [0.05, 0.1) is 11.2 Å². The number of aliphatic imine (C=N–C) groups is 1. The summed E-state index contributed by atoms with van der Waals surface area (Å²) >= 11 is 1.32. The fourth-order valence-electron chi connectivity index (χ4n) is 1.80. The molecule has 5 nitrogen and oxygen atoms in total. The number of carbonyl (C=O) groups excluding carboxylic acids is 1. The van der Waals surface area contributed by atoms with Gasteiger partial charge in [-0.3, -0.25) is 9.69 Å². The summed E-state index contributed by atoms with van der Waals surface area (Å²) in [7, 11) is 1.70. The van der Waals surface area contributed by atoms with Crippen molar-refractivity contribution in [1.29, 1.82) is 0 Å². The third-order valence-electron chi connectivity index (χ3n) is 2.91. The van der Waals surface area contributed by atoms with Crippen LogP contribution >= 0.6 is 11.8 Å². The molecule has 0 aromatic carbocycles. The van der Waals surface area contributed by atoms with Gasteiger partial charge in [-0.2, -0.15) is 0 Å². The molecule has 2 aromatic rings. The van der Waals surface area contributed by atoms with Crippen molar-refractivity contribution < 1.29 is 9.21 Å². The molecule has 1 saturated heterocycles. The molecule has 6 heteroatoms. The van der Waals surface area contributed by atoms with Crippen LogP contribution in [-0.2, 0) is 4.79 Å². The van der Waals surface area contributed by atoms with Gasteiger partial charge in [0.15, 0.2) is 11.0 Å². The molecule has 1 aliphatic heterocycles. The fourth-order valence-corrected chi connectivity index (χ4v) is 2.73.